The molecule has 6 nitrogen and oxygen atoms in total. The predicted molar refractivity (Wildman–Crippen MR) is 115 cm³/mol. The lowest BCUT2D eigenvalue weighted by atomic mass is 10.0. The molecule has 0 radical (unpaired) electrons. The molecule has 29 heavy (non-hydrogen) atoms. The minimum atomic E-state index is -0.646. The molecule has 0 aromatic rings. The van der Waals surface area contributed by atoms with Crippen LogP contribution in [-0.2, 0) is 18.9 Å². The average molecular weight is 416 g/mol. The van der Waals surface area contributed by atoms with Gasteiger partial charge < -0.3 is 29.4 Å². The fraction of sp³-hybridized carbons (Fsp3) is 1.00. The molecular weight excluding hydrogens is 370 g/mol. The second-order valence-corrected chi connectivity index (χ2v) is 9.02. The van der Waals surface area contributed by atoms with Crippen LogP contribution in [0.15, 0.2) is 0 Å². The highest BCUT2D eigenvalue weighted by atomic mass is 16.8. The Labute approximate surface area is 178 Å². The molecule has 0 unspecified atom stereocenters. The van der Waals surface area contributed by atoms with Crippen molar-refractivity contribution in [2.75, 3.05) is 20.3 Å². The Morgan fingerprint density at radius 3 is 2.17 bits per heavy atom. The Bertz CT molecular complexity index is 433. The summed E-state index contributed by atoms with van der Waals surface area (Å²) in [6, 6.07) is 0.0319. The molecule has 2 saturated heterocycles. The zero-order valence-corrected chi connectivity index (χ0v) is 19.2. The zero-order chi connectivity index (χ0) is 21.1. The summed E-state index contributed by atoms with van der Waals surface area (Å²) < 4.78 is 23.7. The van der Waals surface area contributed by atoms with Gasteiger partial charge in [-0.15, -0.1) is 0 Å². The number of ether oxygens (including phenoxy) is 4. The lowest BCUT2D eigenvalue weighted by molar-refractivity contribution is -0.220. The first-order valence-electron chi connectivity index (χ1n) is 11.9. The van der Waals surface area contributed by atoms with Crippen LogP contribution in [0.5, 0.6) is 0 Å². The molecule has 2 aliphatic heterocycles. The summed E-state index contributed by atoms with van der Waals surface area (Å²) in [5.41, 5.74) is 0. The summed E-state index contributed by atoms with van der Waals surface area (Å²) in [5.74, 6) is -0.646. The first kappa shape index (κ1) is 25.0. The molecule has 2 heterocycles. The molecular formula is C23H45NO5. The highest BCUT2D eigenvalue weighted by molar-refractivity contribution is 4.98. The molecule has 2 fully saturated rings. The maximum absolute atomic E-state index is 9.52. The smallest absolute Gasteiger partial charge is 0.190 e. The number of hydrogen-bond acceptors (Lipinski definition) is 6. The van der Waals surface area contributed by atoms with Gasteiger partial charge >= 0.3 is 0 Å². The number of aliphatic hydroxyl groups is 1. The molecule has 2 rings (SSSR count). The molecule has 6 heteroatoms. The maximum Gasteiger partial charge on any atom is 0.190 e. The Kier molecular flexibility index (Phi) is 11.4. The Hall–Kier alpha value is -0.240. The summed E-state index contributed by atoms with van der Waals surface area (Å²) in [6.45, 7) is 7.10. The molecule has 2 N–H and O–H groups in total. The Balaban J connectivity index is 1.63. The van der Waals surface area contributed by atoms with Gasteiger partial charge in [0.2, 0.25) is 0 Å². The largest absolute Gasteiger partial charge is 0.396 e. The number of rotatable bonds is 16. The fourth-order valence-electron chi connectivity index (χ4n) is 4.52. The van der Waals surface area contributed by atoms with E-state index < -0.39 is 12.1 Å². The molecule has 0 aromatic heterocycles. The third-order valence-corrected chi connectivity index (χ3v) is 6.07. The third-order valence-electron chi connectivity index (χ3n) is 6.07. The van der Waals surface area contributed by atoms with Gasteiger partial charge in [0, 0.05) is 19.8 Å². The van der Waals surface area contributed by atoms with Crippen LogP contribution < -0.4 is 5.32 Å². The first-order chi connectivity index (χ1) is 14.0. The highest BCUT2D eigenvalue weighted by Crippen LogP contribution is 2.39. The Morgan fingerprint density at radius 1 is 0.966 bits per heavy atom. The number of hydrogen-bond donors (Lipinski definition) is 2. The van der Waals surface area contributed by atoms with E-state index in [1.165, 1.54) is 57.8 Å². The quantitative estimate of drug-likeness (QED) is 0.369. The second kappa shape index (κ2) is 13.2. The molecule has 0 aromatic carbocycles. The molecule has 2 aliphatic rings. The first-order valence-corrected chi connectivity index (χ1v) is 11.9. The Morgan fingerprint density at radius 2 is 1.59 bits per heavy atom. The van der Waals surface area contributed by atoms with Crippen molar-refractivity contribution in [3.63, 3.8) is 0 Å². The molecule has 0 amide bonds. The number of fused-ring (bicyclic) bond motifs is 1. The third kappa shape index (κ3) is 8.08. The van der Waals surface area contributed by atoms with Crippen molar-refractivity contribution in [3.05, 3.63) is 0 Å². The topological polar surface area (TPSA) is 69.2 Å². The summed E-state index contributed by atoms with van der Waals surface area (Å²) in [6.07, 6.45) is 12.9. The van der Waals surface area contributed by atoms with Gasteiger partial charge in [-0.05, 0) is 33.2 Å². The monoisotopic (exact) mass is 415 g/mol. The van der Waals surface area contributed by atoms with Crippen LogP contribution >= 0.6 is 0 Å². The van der Waals surface area contributed by atoms with Gasteiger partial charge in [-0.2, -0.15) is 0 Å². The number of methoxy groups -OCH3 is 1. The van der Waals surface area contributed by atoms with Gasteiger partial charge in [0.05, 0.1) is 0 Å². The van der Waals surface area contributed by atoms with E-state index in [1.54, 1.807) is 7.11 Å². The van der Waals surface area contributed by atoms with Crippen LogP contribution in [-0.4, -0.2) is 61.8 Å². The van der Waals surface area contributed by atoms with E-state index in [2.05, 4.69) is 12.2 Å². The van der Waals surface area contributed by atoms with Crippen molar-refractivity contribution < 1.29 is 24.1 Å². The van der Waals surface area contributed by atoms with Crippen molar-refractivity contribution in [3.8, 4) is 0 Å². The van der Waals surface area contributed by atoms with Crippen molar-refractivity contribution in [2.45, 2.75) is 128 Å². The molecule has 172 valence electrons. The van der Waals surface area contributed by atoms with Crippen molar-refractivity contribution in [1.82, 2.24) is 5.32 Å². The van der Waals surface area contributed by atoms with Gasteiger partial charge in [0.1, 0.15) is 18.3 Å². The minimum absolute atomic E-state index is 0.0319. The van der Waals surface area contributed by atoms with E-state index in [4.69, 9.17) is 18.9 Å². The lowest BCUT2D eigenvalue weighted by Crippen LogP contribution is -2.49. The van der Waals surface area contributed by atoms with Gasteiger partial charge in [0.25, 0.3) is 0 Å². The van der Waals surface area contributed by atoms with Crippen LogP contribution in [0, 0.1) is 0 Å². The summed E-state index contributed by atoms with van der Waals surface area (Å²) in [5, 5.41) is 13.1. The minimum Gasteiger partial charge on any atom is -0.396 e. The fourth-order valence-corrected chi connectivity index (χ4v) is 4.52. The SMILES string of the molecule is CCCCCCCCCCCCN[C@H](CCO)[C@H]1O[C@@H]2OC(C)(C)O[C@@H]2[C@H]1OC. The van der Waals surface area contributed by atoms with Crippen molar-refractivity contribution in [1.29, 1.82) is 0 Å². The van der Waals surface area contributed by atoms with E-state index in [-0.39, 0.29) is 31.0 Å². The summed E-state index contributed by atoms with van der Waals surface area (Å²) in [4.78, 5) is 0. The van der Waals surface area contributed by atoms with Crippen LogP contribution in [0.2, 0.25) is 0 Å². The number of nitrogens with one attached hydrogen (secondary N) is 1. The maximum atomic E-state index is 9.52. The van der Waals surface area contributed by atoms with Crippen molar-refractivity contribution >= 4 is 0 Å². The summed E-state index contributed by atoms with van der Waals surface area (Å²) in [7, 11) is 1.69. The van der Waals surface area contributed by atoms with Gasteiger partial charge in [-0.1, -0.05) is 64.7 Å². The number of unbranched alkanes of at least 4 members (excludes halogenated alkanes) is 9. The van der Waals surface area contributed by atoms with E-state index in [9.17, 15) is 5.11 Å². The predicted octanol–water partition coefficient (Wildman–Crippen LogP) is 4.14. The summed E-state index contributed by atoms with van der Waals surface area (Å²) >= 11 is 0. The lowest BCUT2D eigenvalue weighted by Gasteiger charge is -2.30. The van der Waals surface area contributed by atoms with Crippen LogP contribution in [0.25, 0.3) is 0 Å². The second-order valence-electron chi connectivity index (χ2n) is 9.02. The van der Waals surface area contributed by atoms with E-state index in [1.807, 2.05) is 13.8 Å². The van der Waals surface area contributed by atoms with Crippen LogP contribution in [0.4, 0.5) is 0 Å². The van der Waals surface area contributed by atoms with E-state index in [0.717, 1.165) is 13.0 Å². The van der Waals surface area contributed by atoms with Gasteiger partial charge in [-0.25, -0.2) is 0 Å². The standard InChI is InChI=1S/C23H45NO5/c1-5-6-7-8-9-10-11-12-13-14-16-24-18(15-17-25)19-20(26-4)21-22(27-19)29-23(2,3)28-21/h18-22,24-25H,5-17H2,1-4H3/t18-,19-,20+,21-,22-/m1/s1. The zero-order valence-electron chi connectivity index (χ0n) is 19.2. The normalized spacial score (nSPS) is 29.3. The van der Waals surface area contributed by atoms with E-state index >= 15 is 0 Å². The number of aliphatic hydroxyl groups excluding tert-OH is 1. The van der Waals surface area contributed by atoms with Crippen LogP contribution in [0.3, 0.4) is 0 Å². The molecule has 5 atom stereocenters. The van der Waals surface area contributed by atoms with Crippen molar-refractivity contribution in [2.24, 2.45) is 0 Å². The molecule has 0 aliphatic carbocycles. The van der Waals surface area contributed by atoms with Crippen LogP contribution in [0.1, 0.15) is 91.4 Å². The van der Waals surface area contributed by atoms with Gasteiger partial charge in [-0.3, -0.25) is 0 Å². The molecule has 0 spiro atoms. The highest BCUT2D eigenvalue weighted by Gasteiger charge is 2.56. The van der Waals surface area contributed by atoms with E-state index in [0.29, 0.717) is 6.42 Å². The van der Waals surface area contributed by atoms with Gasteiger partial charge in [0.15, 0.2) is 12.1 Å². The molecule has 0 saturated carbocycles. The average Bonchev–Trinajstić information content (AvgIpc) is 3.16. The molecule has 0 bridgehead atoms.